The lowest BCUT2D eigenvalue weighted by Crippen LogP contribution is -2.27. The highest BCUT2D eigenvalue weighted by Crippen LogP contribution is 2.43. The van der Waals surface area contributed by atoms with E-state index in [0.29, 0.717) is 18.2 Å². The average molecular weight is 661 g/mol. The van der Waals surface area contributed by atoms with Crippen LogP contribution >= 0.6 is 55.7 Å². The lowest BCUT2D eigenvalue weighted by Gasteiger charge is -2.24. The van der Waals surface area contributed by atoms with E-state index in [4.69, 9.17) is 0 Å². The summed E-state index contributed by atoms with van der Waals surface area (Å²) in [6.45, 7) is 0. The fraction of sp³-hybridized carbons (Fsp3) is 0. The minimum Gasteiger partial charge on any atom is -0.204 e. The van der Waals surface area contributed by atoms with Crippen molar-refractivity contribution in [2.75, 3.05) is 0 Å². The van der Waals surface area contributed by atoms with E-state index in [2.05, 4.69) is 47.8 Å². The molecule has 0 radical (unpaired) electrons. The first-order valence-electron chi connectivity index (χ1n) is 7.67. The second-order valence-electron chi connectivity index (χ2n) is 5.79. The minimum absolute atomic E-state index is 0.436. The van der Waals surface area contributed by atoms with Gasteiger partial charge in [0, 0.05) is 15.9 Å². The van der Waals surface area contributed by atoms with E-state index in [9.17, 15) is 39.5 Å². The van der Waals surface area contributed by atoms with Crippen molar-refractivity contribution in [3.05, 3.63) is 84.0 Å². The van der Waals surface area contributed by atoms with Gasteiger partial charge in [0.15, 0.2) is 52.4 Å². The van der Waals surface area contributed by atoms with Crippen LogP contribution in [-0.4, -0.2) is 0 Å². The molecule has 0 bridgehead atoms. The topological polar surface area (TPSA) is 0 Å². The molecule has 31 heavy (non-hydrogen) atoms. The summed E-state index contributed by atoms with van der Waals surface area (Å²) < 4.78 is 123. The Bertz CT molecular complexity index is 1080. The van der Waals surface area contributed by atoms with E-state index < -0.39 is 89.6 Å². The summed E-state index contributed by atoms with van der Waals surface area (Å²) in [5, 5.41) is -1.57. The normalized spacial score (nSPS) is 11.5. The van der Waals surface area contributed by atoms with Crippen LogP contribution in [0.15, 0.2) is 31.6 Å². The first-order chi connectivity index (χ1) is 14.4. The van der Waals surface area contributed by atoms with Gasteiger partial charge in [-0.2, -0.15) is 0 Å². The maximum Gasteiger partial charge on any atom is 0.195 e. The van der Waals surface area contributed by atoms with Gasteiger partial charge in [0.05, 0.1) is 13.4 Å². The maximum absolute atomic E-state index is 14.2. The molecular formula is C18H3Br3F9P. The van der Waals surface area contributed by atoms with Crippen LogP contribution in [0.4, 0.5) is 39.5 Å². The quantitative estimate of drug-likeness (QED) is 0.123. The molecule has 0 saturated heterocycles. The summed E-state index contributed by atoms with van der Waals surface area (Å²) >= 11 is 8.08. The molecule has 0 heterocycles. The van der Waals surface area contributed by atoms with E-state index in [1.807, 2.05) is 0 Å². The zero-order valence-corrected chi connectivity index (χ0v) is 19.9. The van der Waals surface area contributed by atoms with Gasteiger partial charge in [0.25, 0.3) is 0 Å². The summed E-state index contributed by atoms with van der Waals surface area (Å²) in [6.07, 6.45) is 0. The molecule has 0 aliphatic carbocycles. The van der Waals surface area contributed by atoms with Gasteiger partial charge in [0.1, 0.15) is 0 Å². The first-order valence-corrected chi connectivity index (χ1v) is 11.4. The molecular weight excluding hydrogens is 658 g/mol. The molecule has 0 N–H and O–H groups in total. The van der Waals surface area contributed by atoms with Crippen molar-refractivity contribution < 1.29 is 39.5 Å². The molecule has 0 fully saturated rings. The van der Waals surface area contributed by atoms with Gasteiger partial charge in [-0.25, -0.2) is 39.5 Å². The minimum atomic E-state index is -2.72. The first kappa shape index (κ1) is 24.5. The Labute approximate surface area is 194 Å². The monoisotopic (exact) mass is 658 g/mol. The third-order valence-corrected chi connectivity index (χ3v) is 9.72. The number of rotatable bonds is 3. The fourth-order valence-electron chi connectivity index (χ4n) is 2.56. The van der Waals surface area contributed by atoms with Crippen LogP contribution in [0.1, 0.15) is 0 Å². The lowest BCUT2D eigenvalue weighted by molar-refractivity contribution is 0.445. The summed E-state index contributed by atoms with van der Waals surface area (Å²) in [7, 11) is -2.72. The molecule has 0 saturated carbocycles. The Morgan fingerprint density at radius 3 is 0.871 bits per heavy atom. The van der Waals surface area contributed by atoms with Crippen LogP contribution in [0.25, 0.3) is 0 Å². The zero-order chi connectivity index (χ0) is 23.4. The number of hydrogen-bond acceptors (Lipinski definition) is 0. The van der Waals surface area contributed by atoms with Gasteiger partial charge in [-0.1, -0.05) is 0 Å². The smallest absolute Gasteiger partial charge is 0.195 e. The highest BCUT2D eigenvalue weighted by Gasteiger charge is 2.32. The lowest BCUT2D eigenvalue weighted by atomic mass is 10.3. The Balaban J connectivity index is 2.50. The largest absolute Gasteiger partial charge is 0.204 e. The van der Waals surface area contributed by atoms with Crippen LogP contribution in [0.3, 0.4) is 0 Å². The number of halogens is 12. The Hall–Kier alpha value is -1.10. The van der Waals surface area contributed by atoms with Crippen molar-refractivity contribution in [2.24, 2.45) is 0 Å². The molecule has 3 aromatic rings. The second kappa shape index (κ2) is 9.03. The van der Waals surface area contributed by atoms with Gasteiger partial charge in [-0.3, -0.25) is 0 Å². The van der Waals surface area contributed by atoms with Crippen LogP contribution in [0, 0.1) is 52.4 Å². The Morgan fingerprint density at radius 1 is 0.419 bits per heavy atom. The molecule has 0 aromatic heterocycles. The highest BCUT2D eigenvalue weighted by atomic mass is 79.9. The van der Waals surface area contributed by atoms with Gasteiger partial charge >= 0.3 is 0 Å². The average Bonchev–Trinajstić information content (AvgIpc) is 2.74. The van der Waals surface area contributed by atoms with Crippen LogP contribution in [-0.2, 0) is 0 Å². The van der Waals surface area contributed by atoms with Crippen molar-refractivity contribution >= 4 is 71.6 Å². The van der Waals surface area contributed by atoms with E-state index in [1.54, 1.807) is 0 Å². The fourth-order valence-corrected chi connectivity index (χ4v) is 7.41. The maximum atomic E-state index is 14.2. The van der Waals surface area contributed by atoms with Crippen molar-refractivity contribution in [1.29, 1.82) is 0 Å². The SMILES string of the molecule is Fc1cc(P(c2cc(F)c(F)c(F)c2Br)c2cc(F)c(F)c(F)c2Br)c(Br)c(F)c1F. The van der Waals surface area contributed by atoms with Gasteiger partial charge in [0.2, 0.25) is 0 Å². The standard InChI is InChI=1S/C18H3Br3F9P/c19-10-7(1-4(22)13(25)16(10)28)31(8-2-5(23)14(26)17(29)11(8)20)9-3-6(24)15(27)18(30)12(9)21/h1-3H. The van der Waals surface area contributed by atoms with Gasteiger partial charge < -0.3 is 0 Å². The summed E-state index contributed by atoms with van der Waals surface area (Å²) in [6, 6.07) is 1.31. The molecule has 3 rings (SSSR count). The van der Waals surface area contributed by atoms with E-state index in [1.165, 1.54) is 0 Å². The van der Waals surface area contributed by atoms with Crippen molar-refractivity contribution in [3.63, 3.8) is 0 Å². The Kier molecular flexibility index (Phi) is 7.15. The van der Waals surface area contributed by atoms with Gasteiger partial charge in [-0.05, 0) is 73.9 Å². The Morgan fingerprint density at radius 2 is 0.645 bits per heavy atom. The van der Waals surface area contributed by atoms with Gasteiger partial charge in [-0.15, -0.1) is 0 Å². The van der Waals surface area contributed by atoms with E-state index in [0.717, 1.165) is 0 Å². The highest BCUT2D eigenvalue weighted by molar-refractivity contribution is 9.11. The van der Waals surface area contributed by atoms with Crippen molar-refractivity contribution in [1.82, 2.24) is 0 Å². The van der Waals surface area contributed by atoms with Crippen LogP contribution in [0.2, 0.25) is 0 Å². The summed E-state index contributed by atoms with van der Waals surface area (Å²) in [4.78, 5) is 0. The van der Waals surface area contributed by atoms with E-state index >= 15 is 0 Å². The third-order valence-electron chi connectivity index (χ3n) is 3.97. The van der Waals surface area contributed by atoms with Crippen LogP contribution < -0.4 is 15.9 Å². The molecule has 0 unspecified atom stereocenters. The zero-order valence-electron chi connectivity index (χ0n) is 14.2. The molecule has 0 amide bonds. The molecule has 0 spiro atoms. The molecule has 13 heteroatoms. The number of benzene rings is 3. The second-order valence-corrected chi connectivity index (χ2v) is 10.3. The summed E-state index contributed by atoms with van der Waals surface area (Å²) in [5.41, 5.74) is 0. The van der Waals surface area contributed by atoms with Crippen LogP contribution in [0.5, 0.6) is 0 Å². The molecule has 0 nitrogen and oxygen atoms in total. The van der Waals surface area contributed by atoms with Crippen molar-refractivity contribution in [3.8, 4) is 0 Å². The molecule has 3 aromatic carbocycles. The third kappa shape index (κ3) is 4.16. The number of hydrogen-bond donors (Lipinski definition) is 0. The molecule has 164 valence electrons. The predicted molar refractivity (Wildman–Crippen MR) is 108 cm³/mol. The molecule has 0 aliphatic rings. The molecule has 0 atom stereocenters. The predicted octanol–water partition coefficient (Wildman–Crippen LogP) is 6.98. The van der Waals surface area contributed by atoms with Crippen molar-refractivity contribution in [2.45, 2.75) is 0 Å². The molecule has 0 aliphatic heterocycles. The summed E-state index contributed by atoms with van der Waals surface area (Å²) in [5.74, 6) is -16.0. The van der Waals surface area contributed by atoms with E-state index in [-0.39, 0.29) is 0 Å².